The van der Waals surface area contributed by atoms with Gasteiger partial charge >= 0.3 is 5.82 Å². The summed E-state index contributed by atoms with van der Waals surface area (Å²) in [7, 11) is 2.12. The maximum Gasteiger partial charge on any atom is 0.372 e. The van der Waals surface area contributed by atoms with Crippen LogP contribution in [-0.2, 0) is 16.6 Å². The van der Waals surface area contributed by atoms with Crippen molar-refractivity contribution in [2.24, 2.45) is 10.2 Å². The molecule has 7 rings (SSSR count). The highest BCUT2D eigenvalue weighted by Gasteiger charge is 2.48. The maximum atomic E-state index is 13.0. The van der Waals surface area contributed by atoms with Crippen LogP contribution in [0.2, 0.25) is 0 Å². The Balaban J connectivity index is 1.18. The van der Waals surface area contributed by atoms with Crippen molar-refractivity contribution in [1.82, 2.24) is 15.0 Å². The van der Waals surface area contributed by atoms with Gasteiger partial charge in [-0.25, -0.2) is 0 Å². The number of anilines is 1. The topological polar surface area (TPSA) is 86.7 Å². The summed E-state index contributed by atoms with van der Waals surface area (Å²) in [4.78, 5) is 19.7. The number of aromatic nitrogens is 3. The summed E-state index contributed by atoms with van der Waals surface area (Å²) in [6.07, 6.45) is 4.00. The average molecular weight is 477 g/mol. The third-order valence-electron chi connectivity index (χ3n) is 7.86. The maximum absolute atomic E-state index is 13.0. The predicted octanol–water partition coefficient (Wildman–Crippen LogP) is 4.34. The van der Waals surface area contributed by atoms with E-state index in [0.717, 1.165) is 70.7 Å². The van der Waals surface area contributed by atoms with E-state index in [1.807, 2.05) is 35.1 Å². The van der Waals surface area contributed by atoms with E-state index < -0.39 is 5.41 Å². The van der Waals surface area contributed by atoms with Crippen molar-refractivity contribution >= 4 is 28.3 Å². The molecule has 1 spiro atoms. The molecular weight excluding hydrogens is 450 g/mol. The predicted molar refractivity (Wildman–Crippen MR) is 136 cm³/mol. The Bertz CT molecular complexity index is 1560. The number of benzene rings is 2. The third-order valence-corrected chi connectivity index (χ3v) is 7.86. The highest BCUT2D eigenvalue weighted by molar-refractivity contribution is 6.07. The second kappa shape index (κ2) is 7.99. The first-order valence-electron chi connectivity index (χ1n) is 12.4. The van der Waals surface area contributed by atoms with Gasteiger partial charge in [0, 0.05) is 35.3 Å². The molecule has 0 aliphatic carbocycles. The minimum Gasteiger partial charge on any atom is -0.325 e. The van der Waals surface area contributed by atoms with Crippen molar-refractivity contribution in [3.8, 4) is 11.3 Å². The Kier molecular flexibility index (Phi) is 4.72. The largest absolute Gasteiger partial charge is 0.372 e. The van der Waals surface area contributed by atoms with Gasteiger partial charge in [-0.1, -0.05) is 34.0 Å². The van der Waals surface area contributed by atoms with Gasteiger partial charge < -0.3 is 10.2 Å². The average Bonchev–Trinajstić information content (AvgIpc) is 3.43. The molecule has 0 radical (unpaired) electrons. The molecule has 8 nitrogen and oxygen atoms in total. The zero-order valence-corrected chi connectivity index (χ0v) is 20.1. The van der Waals surface area contributed by atoms with Crippen LogP contribution in [0.15, 0.2) is 77.1 Å². The van der Waals surface area contributed by atoms with Crippen LogP contribution in [0.5, 0.6) is 0 Å². The van der Waals surface area contributed by atoms with Crippen LogP contribution in [-0.4, -0.2) is 41.0 Å². The number of nitrogens with one attached hydrogen (secondary N) is 1. The molecule has 1 amide bonds. The minimum absolute atomic E-state index is 0.127. The summed E-state index contributed by atoms with van der Waals surface area (Å²) in [5.41, 5.74) is 5.57. The van der Waals surface area contributed by atoms with E-state index in [4.69, 9.17) is 5.10 Å². The number of fused-ring (bicyclic) bond motifs is 4. The molecule has 5 heterocycles. The lowest BCUT2D eigenvalue weighted by molar-refractivity contribution is -0.756. The molecule has 0 bridgehead atoms. The molecule has 1 saturated heterocycles. The third kappa shape index (κ3) is 3.32. The quantitative estimate of drug-likeness (QED) is 0.446. The Morgan fingerprint density at radius 1 is 1.08 bits per heavy atom. The molecule has 36 heavy (non-hydrogen) atoms. The first kappa shape index (κ1) is 21.3. The molecule has 1 atom stereocenters. The van der Waals surface area contributed by atoms with Crippen LogP contribution in [0.4, 0.5) is 11.5 Å². The zero-order chi connectivity index (χ0) is 24.3. The number of likely N-dealkylation sites (tertiary alicyclic amines) is 1. The smallest absolute Gasteiger partial charge is 0.325 e. The molecule has 3 aliphatic rings. The Hall–Kier alpha value is -4.04. The van der Waals surface area contributed by atoms with E-state index in [1.165, 1.54) is 0 Å². The number of azo groups is 1. The lowest BCUT2D eigenvalue weighted by Crippen LogP contribution is -2.45. The number of hydrogen-bond acceptors (Lipinski definition) is 6. The number of pyridine rings is 1. The SMILES string of the molecule is CN1CCC2(CC1)C(=O)Nc1cc(-c3ccc4[n+](n3)C(Cc3ccc5ncccc5c3)N=N4)ccc12. The summed E-state index contributed by atoms with van der Waals surface area (Å²) in [5.74, 6) is 0.869. The van der Waals surface area contributed by atoms with Crippen molar-refractivity contribution in [2.75, 3.05) is 25.5 Å². The van der Waals surface area contributed by atoms with Crippen LogP contribution in [0.1, 0.15) is 30.1 Å². The Labute approximate surface area is 208 Å². The highest BCUT2D eigenvalue weighted by Crippen LogP contribution is 2.45. The summed E-state index contributed by atoms with van der Waals surface area (Å²) < 4.78 is 1.90. The molecule has 4 aromatic rings. The second-order valence-corrected chi connectivity index (χ2v) is 10.1. The normalized spacial score (nSPS) is 20.0. The summed E-state index contributed by atoms with van der Waals surface area (Å²) >= 11 is 0. The first-order chi connectivity index (χ1) is 17.6. The van der Waals surface area contributed by atoms with Gasteiger partial charge in [0.25, 0.3) is 6.17 Å². The van der Waals surface area contributed by atoms with Crippen LogP contribution >= 0.6 is 0 Å². The van der Waals surface area contributed by atoms with E-state index in [9.17, 15) is 4.79 Å². The van der Waals surface area contributed by atoms with Gasteiger partial charge in [0.2, 0.25) is 5.91 Å². The lowest BCUT2D eigenvalue weighted by atomic mass is 9.73. The number of nitrogens with zero attached hydrogens (tertiary/aromatic N) is 6. The molecule has 0 saturated carbocycles. The van der Waals surface area contributed by atoms with Crippen molar-refractivity contribution < 1.29 is 9.48 Å². The molecule has 1 unspecified atom stereocenters. The molecule has 2 aromatic carbocycles. The second-order valence-electron chi connectivity index (χ2n) is 10.1. The monoisotopic (exact) mass is 476 g/mol. The fourth-order valence-electron chi connectivity index (χ4n) is 5.73. The number of piperidine rings is 1. The van der Waals surface area contributed by atoms with Gasteiger partial charge in [0.15, 0.2) is 0 Å². The van der Waals surface area contributed by atoms with Crippen LogP contribution in [0.25, 0.3) is 22.2 Å². The fraction of sp³-hybridized carbons (Fsp3) is 0.286. The molecule has 8 heteroatoms. The van der Waals surface area contributed by atoms with Crippen molar-refractivity contribution in [1.29, 1.82) is 0 Å². The number of hydrogen-bond donors (Lipinski definition) is 1. The van der Waals surface area contributed by atoms with E-state index in [1.54, 1.807) is 0 Å². The van der Waals surface area contributed by atoms with Crippen LogP contribution in [0, 0.1) is 0 Å². The standard InChI is InChI=1S/C28H25N7O/c1-34-13-10-28(11-14-34)21-6-5-20(17-24(21)30-27(28)36)23-8-9-25-31-32-26(35(25)33-23)16-18-4-7-22-19(15-18)3-2-12-29-22/h2-9,12,15,17,26H,10-11,13-14,16H2,1H3/p+1. The number of amides is 1. The van der Waals surface area contributed by atoms with Crippen molar-refractivity contribution in [2.45, 2.75) is 30.8 Å². The molecule has 178 valence electrons. The number of carbonyl (C=O) groups excluding carboxylic acids is 1. The lowest BCUT2D eigenvalue weighted by Gasteiger charge is -2.36. The van der Waals surface area contributed by atoms with Gasteiger partial charge in [-0.3, -0.25) is 9.78 Å². The van der Waals surface area contributed by atoms with Crippen molar-refractivity contribution in [3.05, 3.63) is 78.0 Å². The van der Waals surface area contributed by atoms with Crippen molar-refractivity contribution in [3.63, 3.8) is 0 Å². The summed E-state index contributed by atoms with van der Waals surface area (Å²) in [6.45, 7) is 1.86. The van der Waals surface area contributed by atoms with Gasteiger partial charge in [-0.15, -0.1) is 0 Å². The van der Waals surface area contributed by atoms with E-state index in [-0.39, 0.29) is 12.1 Å². The van der Waals surface area contributed by atoms with Gasteiger partial charge in [-0.05, 0) is 79.6 Å². The Morgan fingerprint density at radius 2 is 1.97 bits per heavy atom. The van der Waals surface area contributed by atoms with Gasteiger partial charge in [-0.2, -0.15) is 0 Å². The Morgan fingerprint density at radius 3 is 2.86 bits per heavy atom. The minimum atomic E-state index is -0.404. The molecule has 1 fully saturated rings. The van der Waals surface area contributed by atoms with E-state index >= 15 is 0 Å². The first-order valence-corrected chi connectivity index (χ1v) is 12.4. The zero-order valence-electron chi connectivity index (χ0n) is 20.1. The number of carbonyl (C=O) groups is 1. The summed E-state index contributed by atoms with van der Waals surface area (Å²) in [6, 6.07) is 20.5. The summed E-state index contributed by atoms with van der Waals surface area (Å²) in [5, 5.41) is 18.0. The molecule has 3 aliphatic heterocycles. The van der Waals surface area contributed by atoms with Crippen LogP contribution in [0.3, 0.4) is 0 Å². The fourth-order valence-corrected chi connectivity index (χ4v) is 5.73. The number of rotatable bonds is 3. The molecular formula is C28H26N7O+. The van der Waals surface area contributed by atoms with Gasteiger partial charge in [0.1, 0.15) is 5.69 Å². The molecule has 2 aromatic heterocycles. The van der Waals surface area contributed by atoms with Crippen LogP contribution < -0.4 is 10.00 Å². The van der Waals surface area contributed by atoms with E-state index in [0.29, 0.717) is 6.42 Å². The molecule has 1 N–H and O–H groups in total. The van der Waals surface area contributed by atoms with E-state index in [2.05, 4.69) is 68.9 Å². The highest BCUT2D eigenvalue weighted by atomic mass is 16.2. The van der Waals surface area contributed by atoms with Gasteiger partial charge in [0.05, 0.1) is 16.0 Å².